The quantitative estimate of drug-likeness (QED) is 0.891. The van der Waals surface area contributed by atoms with Gasteiger partial charge in [-0.2, -0.15) is 0 Å². The monoisotopic (exact) mass is 251 g/mol. The van der Waals surface area contributed by atoms with Crippen molar-refractivity contribution in [2.45, 2.75) is 32.7 Å². The van der Waals surface area contributed by atoms with Crippen LogP contribution in [0.3, 0.4) is 0 Å². The van der Waals surface area contributed by atoms with E-state index in [1.807, 2.05) is 0 Å². The molecule has 1 aliphatic rings. The first-order chi connectivity index (χ1) is 8.70. The fraction of sp³-hybridized carbons (Fsp3) is 0.643. The summed E-state index contributed by atoms with van der Waals surface area (Å²) in [5, 5.41) is 3.49. The minimum Gasteiger partial charge on any atom is -0.357 e. The Morgan fingerprint density at radius 3 is 2.72 bits per heavy atom. The Morgan fingerprint density at radius 2 is 2.17 bits per heavy atom. The van der Waals surface area contributed by atoms with Crippen molar-refractivity contribution in [1.29, 1.82) is 0 Å². The fourth-order valence-electron chi connectivity index (χ4n) is 2.67. The minimum atomic E-state index is -0.269. The number of halogens is 1. The Balaban J connectivity index is 1.88. The average molecular weight is 251 g/mol. The van der Waals surface area contributed by atoms with Gasteiger partial charge in [-0.3, -0.25) is 0 Å². The van der Waals surface area contributed by atoms with E-state index < -0.39 is 0 Å². The first-order valence-electron chi connectivity index (χ1n) is 6.80. The van der Waals surface area contributed by atoms with Gasteiger partial charge in [0.1, 0.15) is 11.6 Å². The van der Waals surface area contributed by atoms with Crippen LogP contribution < -0.4 is 10.2 Å². The molecule has 1 saturated heterocycles. The van der Waals surface area contributed by atoms with Crippen molar-refractivity contribution in [3.05, 3.63) is 24.1 Å². The normalized spacial score (nSPS) is 18.9. The summed E-state index contributed by atoms with van der Waals surface area (Å²) in [6.45, 7) is 7.47. The number of piperidine rings is 1. The average Bonchev–Trinajstić information content (AvgIpc) is 2.40. The van der Waals surface area contributed by atoms with Crippen molar-refractivity contribution < 1.29 is 4.39 Å². The van der Waals surface area contributed by atoms with Crippen LogP contribution in [0, 0.1) is 11.7 Å². The van der Waals surface area contributed by atoms with Crippen LogP contribution in [-0.4, -0.2) is 30.7 Å². The maximum absolute atomic E-state index is 12.8. The van der Waals surface area contributed by atoms with Gasteiger partial charge < -0.3 is 10.2 Å². The first kappa shape index (κ1) is 13.3. The lowest BCUT2D eigenvalue weighted by molar-refractivity contribution is 0.314. The Kier molecular flexibility index (Phi) is 4.53. The standard InChI is InChI=1S/C14H22FN3/c1-3-16-11(2)12-6-8-18(9-7-12)14-5-4-13(15)10-17-14/h4-5,10-12,16H,3,6-9H2,1-2H3. The Bertz CT molecular complexity index is 358. The van der Waals surface area contributed by atoms with Crippen molar-refractivity contribution >= 4 is 5.82 Å². The molecule has 0 radical (unpaired) electrons. The van der Waals surface area contributed by atoms with E-state index in [-0.39, 0.29) is 5.82 Å². The predicted molar refractivity (Wildman–Crippen MR) is 72.3 cm³/mol. The molecule has 1 N–H and O–H groups in total. The highest BCUT2D eigenvalue weighted by atomic mass is 19.1. The Morgan fingerprint density at radius 1 is 1.44 bits per heavy atom. The number of pyridine rings is 1. The number of anilines is 1. The molecule has 0 spiro atoms. The van der Waals surface area contributed by atoms with Crippen LogP contribution in [0.4, 0.5) is 10.2 Å². The SMILES string of the molecule is CCNC(C)C1CCN(c2ccc(F)cn2)CC1. The van der Waals surface area contributed by atoms with E-state index in [1.165, 1.54) is 25.1 Å². The number of rotatable bonds is 4. The zero-order valence-corrected chi connectivity index (χ0v) is 11.2. The van der Waals surface area contributed by atoms with Gasteiger partial charge in [-0.05, 0) is 44.4 Å². The molecule has 0 amide bonds. The molecule has 1 fully saturated rings. The van der Waals surface area contributed by atoms with Gasteiger partial charge >= 0.3 is 0 Å². The summed E-state index contributed by atoms with van der Waals surface area (Å²) in [5.74, 6) is 1.36. The number of nitrogens with zero attached hydrogens (tertiary/aromatic N) is 2. The van der Waals surface area contributed by atoms with Crippen LogP contribution in [0.1, 0.15) is 26.7 Å². The molecule has 3 nitrogen and oxygen atoms in total. The molecule has 4 heteroatoms. The molecular weight excluding hydrogens is 229 g/mol. The lowest BCUT2D eigenvalue weighted by atomic mass is 9.90. The maximum atomic E-state index is 12.8. The molecule has 100 valence electrons. The molecule has 0 saturated carbocycles. The van der Waals surface area contributed by atoms with Crippen molar-refractivity contribution in [3.8, 4) is 0 Å². The van der Waals surface area contributed by atoms with Gasteiger partial charge in [-0.15, -0.1) is 0 Å². The third kappa shape index (κ3) is 3.19. The molecule has 0 aromatic carbocycles. The van der Waals surface area contributed by atoms with Crippen molar-refractivity contribution in [3.63, 3.8) is 0 Å². The van der Waals surface area contributed by atoms with Gasteiger partial charge in [-0.25, -0.2) is 9.37 Å². The van der Waals surface area contributed by atoms with Crippen LogP contribution in [0.5, 0.6) is 0 Å². The lowest BCUT2D eigenvalue weighted by Crippen LogP contribution is -2.42. The molecule has 1 unspecified atom stereocenters. The highest BCUT2D eigenvalue weighted by molar-refractivity contribution is 5.38. The first-order valence-corrected chi connectivity index (χ1v) is 6.80. The molecule has 1 aromatic rings. The third-order valence-electron chi connectivity index (χ3n) is 3.81. The van der Waals surface area contributed by atoms with Crippen molar-refractivity contribution in [1.82, 2.24) is 10.3 Å². The lowest BCUT2D eigenvalue weighted by Gasteiger charge is -2.35. The van der Waals surface area contributed by atoms with Crippen LogP contribution in [0.2, 0.25) is 0 Å². The maximum Gasteiger partial charge on any atom is 0.141 e. The van der Waals surface area contributed by atoms with Crippen LogP contribution in [-0.2, 0) is 0 Å². The summed E-state index contributed by atoms with van der Waals surface area (Å²) in [7, 11) is 0. The second-order valence-electron chi connectivity index (χ2n) is 5.01. The summed E-state index contributed by atoms with van der Waals surface area (Å²) >= 11 is 0. The number of aromatic nitrogens is 1. The predicted octanol–water partition coefficient (Wildman–Crippen LogP) is 2.44. The summed E-state index contributed by atoms with van der Waals surface area (Å²) in [4.78, 5) is 6.39. The van der Waals surface area contributed by atoms with Crippen LogP contribution >= 0.6 is 0 Å². The zero-order chi connectivity index (χ0) is 13.0. The van der Waals surface area contributed by atoms with Crippen LogP contribution in [0.25, 0.3) is 0 Å². The zero-order valence-electron chi connectivity index (χ0n) is 11.2. The largest absolute Gasteiger partial charge is 0.357 e. The summed E-state index contributed by atoms with van der Waals surface area (Å²) < 4.78 is 12.8. The van der Waals surface area contributed by atoms with Crippen LogP contribution in [0.15, 0.2) is 18.3 Å². The van der Waals surface area contributed by atoms with Gasteiger partial charge in [0.25, 0.3) is 0 Å². The minimum absolute atomic E-state index is 0.269. The van der Waals surface area contributed by atoms with E-state index in [0.717, 1.165) is 31.4 Å². The summed E-state index contributed by atoms with van der Waals surface area (Å²) in [6.07, 6.45) is 3.64. The highest BCUT2D eigenvalue weighted by Crippen LogP contribution is 2.24. The summed E-state index contributed by atoms with van der Waals surface area (Å²) in [5.41, 5.74) is 0. The molecule has 2 heterocycles. The van der Waals surface area contributed by atoms with E-state index in [9.17, 15) is 4.39 Å². The second-order valence-corrected chi connectivity index (χ2v) is 5.01. The van der Waals surface area contributed by atoms with Gasteiger partial charge in [0.05, 0.1) is 6.20 Å². The van der Waals surface area contributed by atoms with Gasteiger partial charge in [0.15, 0.2) is 0 Å². The van der Waals surface area contributed by atoms with E-state index in [2.05, 4.69) is 29.0 Å². The molecule has 0 aliphatic carbocycles. The second kappa shape index (κ2) is 6.14. The van der Waals surface area contributed by atoms with Crippen molar-refractivity contribution in [2.24, 2.45) is 5.92 Å². The molecule has 0 bridgehead atoms. The third-order valence-corrected chi connectivity index (χ3v) is 3.81. The van der Waals surface area contributed by atoms with Gasteiger partial charge in [0.2, 0.25) is 0 Å². The van der Waals surface area contributed by atoms with E-state index in [0.29, 0.717) is 6.04 Å². The Hall–Kier alpha value is -1.16. The van der Waals surface area contributed by atoms with Gasteiger partial charge in [0, 0.05) is 19.1 Å². The van der Waals surface area contributed by atoms with E-state index in [1.54, 1.807) is 6.07 Å². The smallest absolute Gasteiger partial charge is 0.141 e. The summed E-state index contributed by atoms with van der Waals surface area (Å²) in [6, 6.07) is 3.83. The molecule has 2 rings (SSSR count). The topological polar surface area (TPSA) is 28.2 Å². The molecule has 1 atom stereocenters. The Labute approximate surface area is 108 Å². The number of hydrogen-bond acceptors (Lipinski definition) is 3. The molecule has 1 aromatic heterocycles. The molecular formula is C14H22FN3. The van der Waals surface area contributed by atoms with E-state index >= 15 is 0 Å². The number of nitrogens with one attached hydrogen (secondary N) is 1. The highest BCUT2D eigenvalue weighted by Gasteiger charge is 2.23. The van der Waals surface area contributed by atoms with Gasteiger partial charge in [-0.1, -0.05) is 6.92 Å². The molecule has 1 aliphatic heterocycles. The molecule has 18 heavy (non-hydrogen) atoms. The van der Waals surface area contributed by atoms with E-state index in [4.69, 9.17) is 0 Å². The fourth-order valence-corrected chi connectivity index (χ4v) is 2.67. The van der Waals surface area contributed by atoms with Crippen molar-refractivity contribution in [2.75, 3.05) is 24.5 Å². The number of hydrogen-bond donors (Lipinski definition) is 1.